The van der Waals surface area contributed by atoms with Crippen LogP contribution in [0, 0.1) is 15.9 Å². The highest BCUT2D eigenvalue weighted by Crippen LogP contribution is 2.19. The standard InChI is InChI=1S/C10H11BrFNO2/c1-7(11)2-3-8-4-5-10(13(14)15)9(12)6-8/h4-7H,2-3H2,1H3. The van der Waals surface area contributed by atoms with E-state index in [1.54, 1.807) is 6.07 Å². The topological polar surface area (TPSA) is 43.1 Å². The molecule has 0 amide bonds. The number of nitro groups is 1. The molecule has 0 N–H and O–H groups in total. The Hall–Kier alpha value is -0.970. The van der Waals surface area contributed by atoms with Gasteiger partial charge >= 0.3 is 5.69 Å². The summed E-state index contributed by atoms with van der Waals surface area (Å²) in [5, 5.41) is 10.4. The summed E-state index contributed by atoms with van der Waals surface area (Å²) in [5.41, 5.74) is 0.315. The second-order valence-electron chi connectivity index (χ2n) is 3.36. The lowest BCUT2D eigenvalue weighted by Crippen LogP contribution is -1.97. The van der Waals surface area contributed by atoms with E-state index >= 15 is 0 Å². The molecule has 1 aromatic carbocycles. The molecule has 0 heterocycles. The van der Waals surface area contributed by atoms with Crippen LogP contribution in [0.2, 0.25) is 0 Å². The van der Waals surface area contributed by atoms with E-state index in [1.807, 2.05) is 6.92 Å². The van der Waals surface area contributed by atoms with Crippen LogP contribution < -0.4 is 0 Å². The van der Waals surface area contributed by atoms with E-state index < -0.39 is 16.4 Å². The molecule has 0 saturated heterocycles. The van der Waals surface area contributed by atoms with E-state index in [0.29, 0.717) is 11.2 Å². The Morgan fingerprint density at radius 1 is 1.60 bits per heavy atom. The number of rotatable bonds is 4. The first-order valence-corrected chi connectivity index (χ1v) is 5.49. The van der Waals surface area contributed by atoms with Crippen molar-refractivity contribution in [2.45, 2.75) is 24.6 Å². The van der Waals surface area contributed by atoms with Crippen LogP contribution in [0.4, 0.5) is 10.1 Å². The van der Waals surface area contributed by atoms with Crippen LogP contribution in [0.1, 0.15) is 18.9 Å². The lowest BCUT2D eigenvalue weighted by molar-refractivity contribution is -0.387. The van der Waals surface area contributed by atoms with Crippen LogP contribution in [-0.4, -0.2) is 9.75 Å². The Bertz CT molecular complexity index is 368. The highest BCUT2D eigenvalue weighted by molar-refractivity contribution is 9.09. The summed E-state index contributed by atoms with van der Waals surface area (Å²) < 4.78 is 13.2. The normalized spacial score (nSPS) is 12.5. The molecule has 0 fully saturated rings. The molecule has 1 rings (SSSR count). The highest BCUT2D eigenvalue weighted by Gasteiger charge is 2.13. The van der Waals surface area contributed by atoms with Gasteiger partial charge < -0.3 is 0 Å². The number of hydrogen-bond acceptors (Lipinski definition) is 2. The first kappa shape index (κ1) is 12.1. The molecule has 0 aliphatic rings. The zero-order valence-electron chi connectivity index (χ0n) is 8.24. The summed E-state index contributed by atoms with van der Waals surface area (Å²) in [6.45, 7) is 2.00. The average Bonchev–Trinajstić information content (AvgIpc) is 2.14. The van der Waals surface area contributed by atoms with Gasteiger partial charge in [-0.2, -0.15) is 4.39 Å². The molecule has 0 spiro atoms. The van der Waals surface area contributed by atoms with E-state index in [2.05, 4.69) is 15.9 Å². The molecule has 1 aromatic rings. The molecule has 0 aliphatic carbocycles. The average molecular weight is 276 g/mol. The van der Waals surface area contributed by atoms with Crippen molar-refractivity contribution >= 4 is 21.6 Å². The van der Waals surface area contributed by atoms with Gasteiger partial charge in [-0.1, -0.05) is 28.9 Å². The van der Waals surface area contributed by atoms with Crippen molar-refractivity contribution in [3.8, 4) is 0 Å². The summed E-state index contributed by atoms with van der Waals surface area (Å²) in [7, 11) is 0. The van der Waals surface area contributed by atoms with E-state index in [9.17, 15) is 14.5 Å². The number of aryl methyl sites for hydroxylation is 1. The van der Waals surface area contributed by atoms with E-state index in [4.69, 9.17) is 0 Å². The number of benzene rings is 1. The molecule has 0 radical (unpaired) electrons. The molecule has 1 atom stereocenters. The lowest BCUT2D eigenvalue weighted by atomic mass is 10.1. The zero-order chi connectivity index (χ0) is 11.4. The summed E-state index contributed by atoms with van der Waals surface area (Å²) in [6.07, 6.45) is 1.58. The molecule has 0 saturated carbocycles. The summed E-state index contributed by atoms with van der Waals surface area (Å²) in [4.78, 5) is 10.00. The highest BCUT2D eigenvalue weighted by atomic mass is 79.9. The Morgan fingerprint density at radius 2 is 2.27 bits per heavy atom. The fourth-order valence-corrected chi connectivity index (χ4v) is 1.45. The van der Waals surface area contributed by atoms with Crippen LogP contribution in [0.25, 0.3) is 0 Å². The predicted octanol–water partition coefficient (Wildman–Crippen LogP) is 3.45. The van der Waals surface area contributed by atoms with Crippen LogP contribution in [0.15, 0.2) is 18.2 Å². The fraction of sp³-hybridized carbons (Fsp3) is 0.400. The van der Waals surface area contributed by atoms with Gasteiger partial charge in [0, 0.05) is 10.9 Å². The van der Waals surface area contributed by atoms with Crippen molar-refractivity contribution < 1.29 is 9.31 Å². The second kappa shape index (κ2) is 5.21. The third-order valence-electron chi connectivity index (χ3n) is 2.04. The first-order valence-electron chi connectivity index (χ1n) is 4.57. The van der Waals surface area contributed by atoms with Gasteiger partial charge in [0.1, 0.15) is 0 Å². The molecule has 0 bridgehead atoms. The van der Waals surface area contributed by atoms with Crippen LogP contribution in [0.3, 0.4) is 0 Å². The molecule has 15 heavy (non-hydrogen) atoms. The van der Waals surface area contributed by atoms with Crippen molar-refractivity contribution in [2.75, 3.05) is 0 Å². The van der Waals surface area contributed by atoms with Crippen molar-refractivity contribution in [3.05, 3.63) is 39.7 Å². The second-order valence-corrected chi connectivity index (χ2v) is 4.93. The molecule has 5 heteroatoms. The molecule has 1 unspecified atom stereocenters. The smallest absolute Gasteiger partial charge is 0.258 e. The fourth-order valence-electron chi connectivity index (χ4n) is 1.22. The Balaban J connectivity index is 2.78. The maximum Gasteiger partial charge on any atom is 0.304 e. The number of nitro benzene ring substituents is 1. The van der Waals surface area contributed by atoms with Crippen molar-refractivity contribution in [3.63, 3.8) is 0 Å². The SMILES string of the molecule is CC(Br)CCc1ccc([N+](=O)[O-])c(F)c1. The third-order valence-corrected chi connectivity index (χ3v) is 2.50. The molecular weight excluding hydrogens is 265 g/mol. The Morgan fingerprint density at radius 3 is 2.73 bits per heavy atom. The van der Waals surface area contributed by atoms with E-state index in [1.165, 1.54) is 12.1 Å². The van der Waals surface area contributed by atoms with Gasteiger partial charge in [0.2, 0.25) is 5.82 Å². The van der Waals surface area contributed by atoms with Gasteiger partial charge in [0.25, 0.3) is 0 Å². The minimum atomic E-state index is -0.764. The quantitative estimate of drug-likeness (QED) is 0.480. The number of alkyl halides is 1. The lowest BCUT2D eigenvalue weighted by Gasteiger charge is -2.03. The number of hydrogen-bond donors (Lipinski definition) is 0. The summed E-state index contributed by atoms with van der Waals surface area (Å²) >= 11 is 3.39. The predicted molar refractivity (Wildman–Crippen MR) is 59.8 cm³/mol. The number of nitrogens with zero attached hydrogens (tertiary/aromatic N) is 1. The molecule has 82 valence electrons. The molecule has 3 nitrogen and oxygen atoms in total. The summed E-state index contributed by atoms with van der Waals surface area (Å²) in [6, 6.07) is 4.04. The van der Waals surface area contributed by atoms with Crippen molar-refractivity contribution in [1.29, 1.82) is 0 Å². The van der Waals surface area contributed by atoms with Crippen LogP contribution in [0.5, 0.6) is 0 Å². The maximum absolute atomic E-state index is 13.2. The Labute approximate surface area is 95.6 Å². The van der Waals surface area contributed by atoms with Gasteiger partial charge in [-0.15, -0.1) is 0 Å². The zero-order valence-corrected chi connectivity index (χ0v) is 9.83. The van der Waals surface area contributed by atoms with Crippen molar-refractivity contribution in [1.82, 2.24) is 0 Å². The summed E-state index contributed by atoms with van der Waals surface area (Å²) in [5.74, 6) is -0.764. The van der Waals surface area contributed by atoms with Gasteiger partial charge in [-0.25, -0.2) is 0 Å². The molecule has 0 aliphatic heterocycles. The van der Waals surface area contributed by atoms with Gasteiger partial charge in [-0.05, 0) is 24.5 Å². The van der Waals surface area contributed by atoms with Gasteiger partial charge in [-0.3, -0.25) is 10.1 Å². The number of halogens is 2. The molecule has 0 aromatic heterocycles. The monoisotopic (exact) mass is 275 g/mol. The van der Waals surface area contributed by atoms with E-state index in [0.717, 1.165) is 12.0 Å². The van der Waals surface area contributed by atoms with Crippen molar-refractivity contribution in [2.24, 2.45) is 0 Å². The van der Waals surface area contributed by atoms with Gasteiger partial charge in [0.05, 0.1) is 4.92 Å². The van der Waals surface area contributed by atoms with Gasteiger partial charge in [0.15, 0.2) is 0 Å². The first-order chi connectivity index (χ1) is 7.00. The third kappa shape index (κ3) is 3.58. The minimum absolute atomic E-state index is 0.357. The Kier molecular flexibility index (Phi) is 4.20. The molecular formula is C10H11BrFNO2. The largest absolute Gasteiger partial charge is 0.304 e. The minimum Gasteiger partial charge on any atom is -0.258 e. The maximum atomic E-state index is 13.2. The van der Waals surface area contributed by atoms with Crippen LogP contribution >= 0.6 is 15.9 Å². The van der Waals surface area contributed by atoms with Crippen LogP contribution in [-0.2, 0) is 6.42 Å². The van der Waals surface area contributed by atoms with E-state index in [-0.39, 0.29) is 0 Å².